The highest BCUT2D eigenvalue weighted by Gasteiger charge is 2.31. The molecule has 1 aliphatic rings. The second kappa shape index (κ2) is 12.9. The second-order valence-corrected chi connectivity index (χ2v) is 10.8. The van der Waals surface area contributed by atoms with Gasteiger partial charge in [0.25, 0.3) is 11.8 Å². The molecule has 0 aromatic heterocycles. The Labute approximate surface area is 226 Å². The van der Waals surface area contributed by atoms with Crippen molar-refractivity contribution in [1.82, 2.24) is 10.2 Å². The molecule has 1 N–H and O–H groups in total. The van der Waals surface area contributed by atoms with Gasteiger partial charge in [-0.3, -0.25) is 9.59 Å². The molecule has 200 valence electrons. The molecular weight excluding hydrogens is 501 g/mol. The van der Waals surface area contributed by atoms with Gasteiger partial charge in [0.1, 0.15) is 5.82 Å². The van der Waals surface area contributed by atoms with Gasteiger partial charge in [0.05, 0.1) is 38.4 Å². The van der Waals surface area contributed by atoms with E-state index in [1.54, 1.807) is 54.6 Å². The molecule has 0 bridgehead atoms. The number of rotatable bonds is 11. The number of halogens is 1. The molecule has 4 rings (SSSR count). The number of carbonyl (C=O) groups excluding carboxylic acids is 2. The Kier molecular flexibility index (Phi) is 9.42. The van der Waals surface area contributed by atoms with Crippen LogP contribution in [0.1, 0.15) is 59.4 Å². The summed E-state index contributed by atoms with van der Waals surface area (Å²) in [6, 6.07) is 17.7. The van der Waals surface area contributed by atoms with E-state index in [2.05, 4.69) is 24.1 Å². The minimum Gasteiger partial charge on any atom is -0.352 e. The van der Waals surface area contributed by atoms with E-state index >= 15 is 0 Å². The van der Waals surface area contributed by atoms with Crippen LogP contribution in [0.2, 0.25) is 0 Å². The van der Waals surface area contributed by atoms with Crippen molar-refractivity contribution in [1.29, 1.82) is 0 Å². The van der Waals surface area contributed by atoms with Gasteiger partial charge < -0.3 is 15.1 Å². The smallest absolute Gasteiger partial charge is 0.259 e. The molecule has 0 fully saturated rings. The maximum Gasteiger partial charge on any atom is 0.259 e. The predicted octanol–water partition coefficient (Wildman–Crippen LogP) is 5.39. The van der Waals surface area contributed by atoms with E-state index in [4.69, 9.17) is 0 Å². The highest BCUT2D eigenvalue weighted by Crippen LogP contribution is 2.36. The summed E-state index contributed by atoms with van der Waals surface area (Å²) < 4.78 is 27.1. The summed E-state index contributed by atoms with van der Waals surface area (Å²) >= 11 is 0. The third-order valence-corrected chi connectivity index (χ3v) is 8.04. The maximum absolute atomic E-state index is 13.7. The lowest BCUT2D eigenvalue weighted by Crippen LogP contribution is -2.32. The van der Waals surface area contributed by atoms with Crippen molar-refractivity contribution in [2.45, 2.75) is 49.4 Å². The lowest BCUT2D eigenvalue weighted by atomic mass is 10.1. The van der Waals surface area contributed by atoms with Gasteiger partial charge in [-0.05, 0) is 86.9 Å². The van der Waals surface area contributed by atoms with E-state index < -0.39 is 10.8 Å². The van der Waals surface area contributed by atoms with Crippen molar-refractivity contribution < 1.29 is 18.2 Å². The Balaban J connectivity index is 1.59. The number of nitrogens with one attached hydrogen (secondary N) is 1. The summed E-state index contributed by atoms with van der Waals surface area (Å²) in [6.07, 6.45) is 3.03. The van der Waals surface area contributed by atoms with Crippen LogP contribution in [0, 0.1) is 5.82 Å². The Morgan fingerprint density at radius 2 is 1.66 bits per heavy atom. The summed E-state index contributed by atoms with van der Waals surface area (Å²) in [5, 5.41) is 2.98. The van der Waals surface area contributed by atoms with Crippen molar-refractivity contribution in [3.05, 3.63) is 89.2 Å². The molecule has 3 aromatic carbocycles. The number of fused-ring (bicyclic) bond motifs is 2. The number of hydrogen-bond acceptors (Lipinski definition) is 4. The molecule has 1 atom stereocenters. The van der Waals surface area contributed by atoms with Gasteiger partial charge in [0, 0.05) is 12.1 Å². The largest absolute Gasteiger partial charge is 0.352 e. The van der Waals surface area contributed by atoms with Crippen LogP contribution in [-0.4, -0.2) is 47.1 Å². The fraction of sp³-hybridized carbons (Fsp3) is 0.333. The van der Waals surface area contributed by atoms with E-state index in [9.17, 15) is 18.2 Å². The SMILES string of the molecule is CCCN(CCC)CCCNC(=O)c1ccc2c(c1)N(Cc1ccc(F)cc1)C(=O)c1ccccc1[S@]2=O. The summed E-state index contributed by atoms with van der Waals surface area (Å²) in [6.45, 7) is 8.02. The Morgan fingerprint density at radius 3 is 2.37 bits per heavy atom. The molecule has 0 unspecified atom stereocenters. The van der Waals surface area contributed by atoms with E-state index in [1.165, 1.54) is 17.0 Å². The number of benzene rings is 3. The molecule has 0 aliphatic carbocycles. The van der Waals surface area contributed by atoms with Crippen LogP contribution in [0.3, 0.4) is 0 Å². The maximum atomic E-state index is 13.7. The summed E-state index contributed by atoms with van der Waals surface area (Å²) in [5.41, 5.74) is 1.87. The van der Waals surface area contributed by atoms with Crippen molar-refractivity contribution in [2.24, 2.45) is 0 Å². The van der Waals surface area contributed by atoms with Crippen LogP contribution < -0.4 is 10.2 Å². The Hall–Kier alpha value is -3.36. The van der Waals surface area contributed by atoms with Crippen molar-refractivity contribution >= 4 is 28.3 Å². The normalized spacial score (nSPS) is 14.7. The molecule has 3 aromatic rings. The average molecular weight is 536 g/mol. The lowest BCUT2D eigenvalue weighted by Gasteiger charge is -2.24. The fourth-order valence-electron chi connectivity index (χ4n) is 4.71. The van der Waals surface area contributed by atoms with Gasteiger partial charge in [-0.2, -0.15) is 0 Å². The highest BCUT2D eigenvalue weighted by atomic mass is 32.2. The first-order chi connectivity index (χ1) is 18.4. The van der Waals surface area contributed by atoms with Crippen molar-refractivity contribution in [3.63, 3.8) is 0 Å². The number of carbonyl (C=O) groups is 2. The van der Waals surface area contributed by atoms with Gasteiger partial charge in [0.15, 0.2) is 0 Å². The van der Waals surface area contributed by atoms with Gasteiger partial charge in [-0.15, -0.1) is 0 Å². The second-order valence-electron chi connectivity index (χ2n) is 9.42. The zero-order valence-corrected chi connectivity index (χ0v) is 22.7. The molecule has 38 heavy (non-hydrogen) atoms. The molecule has 0 saturated heterocycles. The molecule has 1 heterocycles. The predicted molar refractivity (Wildman–Crippen MR) is 148 cm³/mol. The van der Waals surface area contributed by atoms with E-state index in [0.717, 1.165) is 44.5 Å². The molecular formula is C30H34FN3O3S. The lowest BCUT2D eigenvalue weighted by molar-refractivity contribution is 0.0948. The van der Waals surface area contributed by atoms with Gasteiger partial charge in [-0.1, -0.05) is 38.1 Å². The van der Waals surface area contributed by atoms with Crippen LogP contribution >= 0.6 is 0 Å². The van der Waals surface area contributed by atoms with Crippen LogP contribution in [-0.2, 0) is 17.3 Å². The van der Waals surface area contributed by atoms with E-state index in [1.807, 2.05) is 0 Å². The quantitative estimate of drug-likeness (QED) is 0.334. The number of anilines is 1. The van der Waals surface area contributed by atoms with E-state index in [-0.39, 0.29) is 24.2 Å². The average Bonchev–Trinajstić information content (AvgIpc) is 3.01. The summed E-state index contributed by atoms with van der Waals surface area (Å²) in [7, 11) is -1.61. The standard InChI is InChI=1S/C30H34FN3O3S/c1-3-17-33(18-4-2)19-7-16-32-29(35)23-12-15-28-26(20-23)34(21-22-10-13-24(31)14-11-22)30(36)25-8-5-6-9-27(25)38(28)37/h5-6,8-15,20H,3-4,7,16-19,21H2,1-2H3,(H,32,35)/t38-/m1/s1. The molecule has 0 spiro atoms. The monoisotopic (exact) mass is 535 g/mol. The van der Waals surface area contributed by atoms with Crippen molar-refractivity contribution in [3.8, 4) is 0 Å². The molecule has 0 radical (unpaired) electrons. The zero-order valence-electron chi connectivity index (χ0n) is 21.9. The van der Waals surface area contributed by atoms with Crippen LogP contribution in [0.4, 0.5) is 10.1 Å². The first-order valence-electron chi connectivity index (χ1n) is 13.1. The van der Waals surface area contributed by atoms with Crippen molar-refractivity contribution in [2.75, 3.05) is 31.1 Å². The number of amides is 2. The Morgan fingerprint density at radius 1 is 0.947 bits per heavy atom. The van der Waals surface area contributed by atoms with Crippen LogP contribution in [0.25, 0.3) is 0 Å². The van der Waals surface area contributed by atoms with Gasteiger partial charge in [-0.25, -0.2) is 8.60 Å². The molecule has 8 heteroatoms. The minimum absolute atomic E-state index is 0.146. The third-order valence-electron chi connectivity index (χ3n) is 6.54. The first-order valence-corrected chi connectivity index (χ1v) is 14.3. The first kappa shape index (κ1) is 27.7. The third kappa shape index (κ3) is 6.37. The zero-order chi connectivity index (χ0) is 27.1. The molecule has 2 amide bonds. The van der Waals surface area contributed by atoms with Gasteiger partial charge in [0.2, 0.25) is 0 Å². The molecule has 6 nitrogen and oxygen atoms in total. The fourth-order valence-corrected chi connectivity index (χ4v) is 6.05. The Bertz CT molecular complexity index is 1310. The topological polar surface area (TPSA) is 69.7 Å². The highest BCUT2D eigenvalue weighted by molar-refractivity contribution is 7.85. The number of hydrogen-bond donors (Lipinski definition) is 1. The van der Waals surface area contributed by atoms with Gasteiger partial charge >= 0.3 is 0 Å². The van der Waals surface area contributed by atoms with Crippen LogP contribution in [0.5, 0.6) is 0 Å². The molecule has 0 saturated carbocycles. The number of nitrogens with zero attached hydrogens (tertiary/aromatic N) is 2. The van der Waals surface area contributed by atoms with E-state index in [0.29, 0.717) is 33.2 Å². The minimum atomic E-state index is -1.61. The summed E-state index contributed by atoms with van der Waals surface area (Å²) in [4.78, 5) is 31.6. The van der Waals surface area contributed by atoms with Crippen LogP contribution in [0.15, 0.2) is 76.5 Å². The summed E-state index contributed by atoms with van der Waals surface area (Å²) in [5.74, 6) is -0.928. The molecule has 1 aliphatic heterocycles.